The summed E-state index contributed by atoms with van der Waals surface area (Å²) >= 11 is 0. The van der Waals surface area contributed by atoms with Crippen molar-refractivity contribution in [3.63, 3.8) is 0 Å². The number of hydrogen-bond acceptors (Lipinski definition) is 4. The van der Waals surface area contributed by atoms with E-state index in [-0.39, 0.29) is 23.6 Å². The monoisotopic (exact) mass is 237 g/mol. The molecule has 2 rings (SSSR count). The number of nitro benzene ring substituents is 1. The first kappa shape index (κ1) is 11.7. The lowest BCUT2D eigenvalue weighted by atomic mass is 10.2. The molecule has 0 heterocycles. The molecule has 17 heavy (non-hydrogen) atoms. The van der Waals surface area contributed by atoms with Gasteiger partial charge in [0.15, 0.2) is 5.75 Å². The largest absolute Gasteiger partial charge is 0.487 e. The summed E-state index contributed by atoms with van der Waals surface area (Å²) in [6, 6.07) is 4.74. The lowest BCUT2D eigenvalue weighted by Crippen LogP contribution is -2.09. The van der Waals surface area contributed by atoms with Gasteiger partial charge in [-0.25, -0.2) is 0 Å². The highest BCUT2D eigenvalue weighted by atomic mass is 16.6. The molecule has 5 nitrogen and oxygen atoms in total. The Balaban J connectivity index is 2.34. The minimum atomic E-state index is -0.440. The minimum Gasteiger partial charge on any atom is -0.487 e. The molecule has 1 aliphatic rings. The third-order valence-electron chi connectivity index (χ3n) is 2.33. The number of ether oxygens (including phenoxy) is 2. The fraction of sp³-hybridized carbons (Fsp3) is 0.500. The first-order chi connectivity index (χ1) is 8.08. The van der Waals surface area contributed by atoms with Crippen molar-refractivity contribution < 1.29 is 14.4 Å². The number of hydrogen-bond donors (Lipinski definition) is 0. The number of benzene rings is 1. The lowest BCUT2D eigenvalue weighted by Gasteiger charge is -2.14. The Morgan fingerprint density at radius 3 is 2.65 bits per heavy atom. The summed E-state index contributed by atoms with van der Waals surface area (Å²) in [7, 11) is 0. The highest BCUT2D eigenvalue weighted by Gasteiger charge is 2.29. The molecule has 0 bridgehead atoms. The molecule has 0 aliphatic heterocycles. The molecule has 0 radical (unpaired) electrons. The molecule has 0 aromatic heterocycles. The lowest BCUT2D eigenvalue weighted by molar-refractivity contribution is -0.386. The van der Waals surface area contributed by atoms with Crippen LogP contribution in [0.4, 0.5) is 5.69 Å². The van der Waals surface area contributed by atoms with Crippen LogP contribution in [-0.2, 0) is 0 Å². The molecular formula is C12H15NO4. The molecule has 5 heteroatoms. The summed E-state index contributed by atoms with van der Waals surface area (Å²) in [5.74, 6) is 0.704. The van der Waals surface area contributed by atoms with Crippen LogP contribution in [0.3, 0.4) is 0 Å². The van der Waals surface area contributed by atoms with Gasteiger partial charge in [-0.1, -0.05) is 6.07 Å². The van der Waals surface area contributed by atoms with E-state index in [4.69, 9.17) is 9.47 Å². The van der Waals surface area contributed by atoms with E-state index >= 15 is 0 Å². The number of para-hydroxylation sites is 1. The quantitative estimate of drug-likeness (QED) is 0.583. The molecule has 0 atom stereocenters. The average Bonchev–Trinajstić information content (AvgIpc) is 3.03. The number of rotatable bonds is 5. The standard InChI is InChI=1S/C12H15NO4/c1-8(2)16-11-5-3-4-10(13(14)15)12(11)17-9-6-7-9/h3-5,8-9H,6-7H2,1-2H3. The van der Waals surface area contributed by atoms with E-state index in [0.29, 0.717) is 5.75 Å². The zero-order chi connectivity index (χ0) is 12.4. The summed E-state index contributed by atoms with van der Waals surface area (Å²) in [5, 5.41) is 10.9. The third kappa shape index (κ3) is 2.87. The van der Waals surface area contributed by atoms with Crippen LogP contribution in [-0.4, -0.2) is 17.1 Å². The second kappa shape index (κ2) is 4.61. The van der Waals surface area contributed by atoms with Gasteiger partial charge in [-0.2, -0.15) is 0 Å². The van der Waals surface area contributed by atoms with Crippen LogP contribution in [0.5, 0.6) is 11.5 Å². The molecule has 1 aromatic rings. The summed E-state index contributed by atoms with van der Waals surface area (Å²) in [6.45, 7) is 3.75. The van der Waals surface area contributed by atoms with Gasteiger partial charge in [-0.3, -0.25) is 10.1 Å². The van der Waals surface area contributed by atoms with Crippen LogP contribution in [0.1, 0.15) is 26.7 Å². The Morgan fingerprint density at radius 2 is 2.12 bits per heavy atom. The van der Waals surface area contributed by atoms with Crippen molar-refractivity contribution in [2.24, 2.45) is 0 Å². The van der Waals surface area contributed by atoms with Gasteiger partial charge in [0, 0.05) is 6.07 Å². The van der Waals surface area contributed by atoms with Crippen molar-refractivity contribution in [2.75, 3.05) is 0 Å². The number of nitrogens with zero attached hydrogens (tertiary/aromatic N) is 1. The molecule has 92 valence electrons. The average molecular weight is 237 g/mol. The van der Waals surface area contributed by atoms with Crippen molar-refractivity contribution in [3.05, 3.63) is 28.3 Å². The molecule has 0 N–H and O–H groups in total. The number of nitro groups is 1. The highest BCUT2D eigenvalue weighted by Crippen LogP contribution is 2.40. The molecule has 1 aliphatic carbocycles. The van der Waals surface area contributed by atoms with Gasteiger partial charge in [0.1, 0.15) is 0 Å². The summed E-state index contributed by atoms with van der Waals surface area (Å²) < 4.78 is 11.1. The third-order valence-corrected chi connectivity index (χ3v) is 2.33. The zero-order valence-corrected chi connectivity index (χ0v) is 9.88. The van der Waals surface area contributed by atoms with Gasteiger partial charge >= 0.3 is 5.69 Å². The Labute approximate surface area is 99.5 Å². The fourth-order valence-electron chi connectivity index (χ4n) is 1.47. The summed E-state index contributed by atoms with van der Waals surface area (Å²) in [6.07, 6.45) is 1.96. The van der Waals surface area contributed by atoms with Gasteiger partial charge in [0.05, 0.1) is 17.1 Å². The van der Waals surface area contributed by atoms with Gasteiger partial charge in [0.2, 0.25) is 5.75 Å². The topological polar surface area (TPSA) is 61.6 Å². The van der Waals surface area contributed by atoms with Crippen LogP contribution in [0.2, 0.25) is 0 Å². The van der Waals surface area contributed by atoms with E-state index in [1.165, 1.54) is 6.07 Å². The Morgan fingerprint density at radius 1 is 1.41 bits per heavy atom. The minimum absolute atomic E-state index is 0.0324. The van der Waals surface area contributed by atoms with Gasteiger partial charge in [0.25, 0.3) is 0 Å². The van der Waals surface area contributed by atoms with Crippen molar-refractivity contribution in [1.82, 2.24) is 0 Å². The Hall–Kier alpha value is -1.78. The second-order valence-corrected chi connectivity index (χ2v) is 4.35. The van der Waals surface area contributed by atoms with E-state index in [1.54, 1.807) is 12.1 Å². The smallest absolute Gasteiger partial charge is 0.314 e. The first-order valence-electron chi connectivity index (χ1n) is 5.68. The van der Waals surface area contributed by atoms with Crippen LogP contribution in [0.15, 0.2) is 18.2 Å². The van der Waals surface area contributed by atoms with Crippen molar-refractivity contribution in [2.45, 2.75) is 38.9 Å². The molecule has 0 unspecified atom stereocenters. The molecule has 0 saturated heterocycles. The normalized spacial score (nSPS) is 14.8. The highest BCUT2D eigenvalue weighted by molar-refractivity contribution is 5.56. The SMILES string of the molecule is CC(C)Oc1cccc([N+](=O)[O-])c1OC1CC1. The Kier molecular flexibility index (Phi) is 3.17. The predicted octanol–water partition coefficient (Wildman–Crippen LogP) is 2.92. The van der Waals surface area contributed by atoms with Gasteiger partial charge in [-0.05, 0) is 32.8 Å². The summed E-state index contributed by atoms with van der Waals surface area (Å²) in [4.78, 5) is 10.5. The fourth-order valence-corrected chi connectivity index (χ4v) is 1.47. The molecule has 1 saturated carbocycles. The van der Waals surface area contributed by atoms with Crippen molar-refractivity contribution >= 4 is 5.69 Å². The zero-order valence-electron chi connectivity index (χ0n) is 9.88. The molecule has 0 spiro atoms. The maximum Gasteiger partial charge on any atom is 0.314 e. The van der Waals surface area contributed by atoms with Gasteiger partial charge in [-0.15, -0.1) is 0 Å². The maximum atomic E-state index is 10.9. The van der Waals surface area contributed by atoms with Crippen molar-refractivity contribution in [1.29, 1.82) is 0 Å². The molecular weight excluding hydrogens is 222 g/mol. The molecule has 1 fully saturated rings. The van der Waals surface area contributed by atoms with E-state index < -0.39 is 4.92 Å². The second-order valence-electron chi connectivity index (χ2n) is 4.35. The maximum absolute atomic E-state index is 10.9. The van der Waals surface area contributed by atoms with Crippen LogP contribution in [0.25, 0.3) is 0 Å². The van der Waals surface area contributed by atoms with Crippen molar-refractivity contribution in [3.8, 4) is 11.5 Å². The Bertz CT molecular complexity index is 427. The molecule has 0 amide bonds. The van der Waals surface area contributed by atoms with Crippen LogP contribution in [0, 0.1) is 10.1 Å². The van der Waals surface area contributed by atoms with Crippen LogP contribution >= 0.6 is 0 Å². The predicted molar refractivity (Wildman–Crippen MR) is 62.5 cm³/mol. The van der Waals surface area contributed by atoms with Gasteiger partial charge < -0.3 is 9.47 Å². The van der Waals surface area contributed by atoms with Crippen LogP contribution < -0.4 is 9.47 Å². The molecule has 1 aromatic carbocycles. The first-order valence-corrected chi connectivity index (χ1v) is 5.68. The summed E-state index contributed by atoms with van der Waals surface area (Å²) in [5.41, 5.74) is -0.0324. The van der Waals surface area contributed by atoms with E-state index in [9.17, 15) is 10.1 Å². The van der Waals surface area contributed by atoms with E-state index in [1.807, 2.05) is 13.8 Å². The van der Waals surface area contributed by atoms with E-state index in [0.717, 1.165) is 12.8 Å². The van der Waals surface area contributed by atoms with E-state index in [2.05, 4.69) is 0 Å².